The molecule has 0 aliphatic carbocycles. The minimum Gasteiger partial charge on any atom is -0.484 e. The minimum absolute atomic E-state index is 0.0280. The zero-order chi connectivity index (χ0) is 18.2. The molecule has 1 N–H and O–H groups in total. The third-order valence-electron chi connectivity index (χ3n) is 3.48. The highest BCUT2D eigenvalue weighted by Gasteiger charge is 2.10. The monoisotopic (exact) mass is 343 g/mol. The van der Waals surface area contributed by atoms with Gasteiger partial charge in [-0.15, -0.1) is 0 Å². The summed E-state index contributed by atoms with van der Waals surface area (Å²) in [4.78, 5) is 24.2. The summed E-state index contributed by atoms with van der Waals surface area (Å²) in [6.07, 6.45) is 0. The van der Waals surface area contributed by atoms with Crippen molar-refractivity contribution in [2.45, 2.75) is 13.5 Å². The number of carboxylic acid groups (broad SMARTS) is 1. The van der Waals surface area contributed by atoms with Crippen molar-refractivity contribution >= 4 is 11.9 Å². The van der Waals surface area contributed by atoms with Crippen LogP contribution < -0.4 is 9.47 Å². The van der Waals surface area contributed by atoms with E-state index in [2.05, 4.69) is 0 Å². The molecule has 6 nitrogen and oxygen atoms in total. The zero-order valence-corrected chi connectivity index (χ0v) is 14.3. The summed E-state index contributed by atoms with van der Waals surface area (Å²) in [6, 6.07) is 14.5. The number of ether oxygens (including phenoxy) is 2. The van der Waals surface area contributed by atoms with E-state index < -0.39 is 5.97 Å². The van der Waals surface area contributed by atoms with Crippen LogP contribution in [0.5, 0.6) is 11.5 Å². The maximum atomic E-state index is 12.2. The largest absolute Gasteiger partial charge is 0.484 e. The van der Waals surface area contributed by atoms with Gasteiger partial charge < -0.3 is 19.5 Å². The molecule has 0 spiro atoms. The first-order chi connectivity index (χ1) is 11.9. The summed E-state index contributed by atoms with van der Waals surface area (Å²) in [5, 5.41) is 8.58. The molecule has 2 aromatic carbocycles. The Balaban J connectivity index is 1.82. The van der Waals surface area contributed by atoms with Crippen LogP contribution in [0.15, 0.2) is 48.5 Å². The number of hydrogen-bond acceptors (Lipinski definition) is 4. The van der Waals surface area contributed by atoms with Crippen LogP contribution in [0.3, 0.4) is 0 Å². The standard InChI is InChI=1S/C19H21NO5/c1-14-4-3-5-17(10-14)24-12-18(21)20(2)11-15-6-8-16(9-7-15)25-13-19(22)23/h3-10H,11-13H2,1-2H3,(H,22,23). The highest BCUT2D eigenvalue weighted by Crippen LogP contribution is 2.14. The number of hydrogen-bond donors (Lipinski definition) is 1. The van der Waals surface area contributed by atoms with Crippen molar-refractivity contribution in [3.8, 4) is 11.5 Å². The molecule has 0 unspecified atom stereocenters. The van der Waals surface area contributed by atoms with E-state index in [0.29, 0.717) is 18.0 Å². The lowest BCUT2D eigenvalue weighted by molar-refractivity contribution is -0.139. The van der Waals surface area contributed by atoms with Gasteiger partial charge in [0, 0.05) is 13.6 Å². The molecule has 0 atom stereocenters. The van der Waals surface area contributed by atoms with Crippen LogP contribution in [0.2, 0.25) is 0 Å². The molecule has 0 heterocycles. The predicted octanol–water partition coefficient (Wildman–Crippen LogP) is 2.50. The molecule has 6 heteroatoms. The molecule has 25 heavy (non-hydrogen) atoms. The van der Waals surface area contributed by atoms with Crippen molar-refractivity contribution in [1.82, 2.24) is 4.90 Å². The molecule has 0 aliphatic heterocycles. The third kappa shape index (κ3) is 6.18. The van der Waals surface area contributed by atoms with Crippen LogP contribution in [0.1, 0.15) is 11.1 Å². The molecule has 1 amide bonds. The van der Waals surface area contributed by atoms with Gasteiger partial charge in [0.15, 0.2) is 13.2 Å². The Bertz CT molecular complexity index is 727. The first-order valence-electron chi connectivity index (χ1n) is 7.81. The number of aliphatic carboxylic acids is 1. The lowest BCUT2D eigenvalue weighted by Crippen LogP contribution is -2.30. The fourth-order valence-corrected chi connectivity index (χ4v) is 2.16. The maximum Gasteiger partial charge on any atom is 0.341 e. The van der Waals surface area contributed by atoms with Crippen molar-refractivity contribution in [3.05, 3.63) is 59.7 Å². The molecule has 2 aromatic rings. The van der Waals surface area contributed by atoms with Gasteiger partial charge in [0.1, 0.15) is 11.5 Å². The number of likely N-dealkylation sites (N-methyl/N-ethyl adjacent to an activating group) is 1. The number of amides is 1. The van der Waals surface area contributed by atoms with E-state index in [-0.39, 0.29) is 19.1 Å². The maximum absolute atomic E-state index is 12.2. The Morgan fingerprint density at radius 2 is 1.68 bits per heavy atom. The average Bonchev–Trinajstić information content (AvgIpc) is 2.59. The summed E-state index contributed by atoms with van der Waals surface area (Å²) in [6.45, 7) is 1.98. The van der Waals surface area contributed by atoms with Gasteiger partial charge in [0.25, 0.3) is 5.91 Å². The number of nitrogens with zero attached hydrogens (tertiary/aromatic N) is 1. The summed E-state index contributed by atoms with van der Waals surface area (Å²) < 4.78 is 10.6. The van der Waals surface area contributed by atoms with Gasteiger partial charge in [-0.3, -0.25) is 4.79 Å². The van der Waals surface area contributed by atoms with Crippen LogP contribution in [-0.4, -0.2) is 42.1 Å². The highest BCUT2D eigenvalue weighted by molar-refractivity contribution is 5.77. The van der Waals surface area contributed by atoms with Crippen LogP contribution in [0, 0.1) is 6.92 Å². The second-order valence-corrected chi connectivity index (χ2v) is 5.68. The molecule has 0 saturated heterocycles. The second kappa shape index (κ2) is 8.73. The third-order valence-corrected chi connectivity index (χ3v) is 3.48. The van der Waals surface area contributed by atoms with E-state index >= 15 is 0 Å². The van der Waals surface area contributed by atoms with E-state index in [0.717, 1.165) is 11.1 Å². The zero-order valence-electron chi connectivity index (χ0n) is 14.3. The number of aryl methyl sites for hydroxylation is 1. The molecule has 0 aliphatic rings. The Hall–Kier alpha value is -3.02. The summed E-state index contributed by atoms with van der Waals surface area (Å²) in [7, 11) is 1.71. The Morgan fingerprint density at radius 1 is 1.00 bits per heavy atom. The molecule has 0 radical (unpaired) electrons. The van der Waals surface area contributed by atoms with Gasteiger partial charge in [-0.05, 0) is 42.3 Å². The second-order valence-electron chi connectivity index (χ2n) is 5.68. The summed E-state index contributed by atoms with van der Waals surface area (Å²) in [5.74, 6) is -0.0136. The lowest BCUT2D eigenvalue weighted by atomic mass is 10.2. The van der Waals surface area contributed by atoms with Gasteiger partial charge in [-0.1, -0.05) is 24.3 Å². The van der Waals surface area contributed by atoms with E-state index in [1.807, 2.05) is 31.2 Å². The fourth-order valence-electron chi connectivity index (χ4n) is 2.16. The van der Waals surface area contributed by atoms with Crippen LogP contribution >= 0.6 is 0 Å². The first kappa shape index (κ1) is 18.3. The van der Waals surface area contributed by atoms with Crippen LogP contribution in [0.4, 0.5) is 0 Å². The smallest absolute Gasteiger partial charge is 0.341 e. The Labute approximate surface area is 146 Å². The fraction of sp³-hybridized carbons (Fsp3) is 0.263. The number of rotatable bonds is 8. The molecular formula is C19H21NO5. The van der Waals surface area contributed by atoms with Gasteiger partial charge in [-0.25, -0.2) is 4.79 Å². The van der Waals surface area contributed by atoms with Crippen molar-refractivity contribution in [1.29, 1.82) is 0 Å². The number of carbonyl (C=O) groups is 2. The molecule has 0 saturated carbocycles. The minimum atomic E-state index is -1.02. The van der Waals surface area contributed by atoms with E-state index in [4.69, 9.17) is 14.6 Å². The molecule has 0 fully saturated rings. The average molecular weight is 343 g/mol. The van der Waals surface area contributed by atoms with Gasteiger partial charge in [0.05, 0.1) is 0 Å². The Morgan fingerprint density at radius 3 is 2.32 bits per heavy atom. The number of carboxylic acids is 1. The van der Waals surface area contributed by atoms with Gasteiger partial charge >= 0.3 is 5.97 Å². The quantitative estimate of drug-likeness (QED) is 0.797. The van der Waals surface area contributed by atoms with Crippen molar-refractivity contribution in [2.24, 2.45) is 0 Å². The van der Waals surface area contributed by atoms with Gasteiger partial charge in [-0.2, -0.15) is 0 Å². The van der Waals surface area contributed by atoms with E-state index in [1.54, 1.807) is 36.2 Å². The number of carbonyl (C=O) groups excluding carboxylic acids is 1. The van der Waals surface area contributed by atoms with Gasteiger partial charge in [0.2, 0.25) is 0 Å². The Kier molecular flexibility index (Phi) is 6.39. The van der Waals surface area contributed by atoms with Crippen LogP contribution in [-0.2, 0) is 16.1 Å². The van der Waals surface area contributed by atoms with E-state index in [1.165, 1.54) is 0 Å². The summed E-state index contributed by atoms with van der Waals surface area (Å²) in [5.41, 5.74) is 1.98. The first-order valence-corrected chi connectivity index (χ1v) is 7.81. The van der Waals surface area contributed by atoms with Crippen molar-refractivity contribution in [3.63, 3.8) is 0 Å². The number of benzene rings is 2. The predicted molar refractivity (Wildman–Crippen MR) is 92.7 cm³/mol. The topological polar surface area (TPSA) is 76.1 Å². The van der Waals surface area contributed by atoms with E-state index in [9.17, 15) is 9.59 Å². The molecular weight excluding hydrogens is 322 g/mol. The molecule has 132 valence electrons. The lowest BCUT2D eigenvalue weighted by Gasteiger charge is -2.18. The van der Waals surface area contributed by atoms with Crippen LogP contribution in [0.25, 0.3) is 0 Å². The molecule has 2 rings (SSSR count). The van der Waals surface area contributed by atoms with Crippen molar-refractivity contribution < 1.29 is 24.2 Å². The van der Waals surface area contributed by atoms with Crippen molar-refractivity contribution in [2.75, 3.05) is 20.3 Å². The SMILES string of the molecule is Cc1cccc(OCC(=O)N(C)Cc2ccc(OCC(=O)O)cc2)c1. The summed E-state index contributed by atoms with van der Waals surface area (Å²) >= 11 is 0. The normalized spacial score (nSPS) is 10.2. The molecule has 0 bridgehead atoms. The molecule has 0 aromatic heterocycles. The highest BCUT2D eigenvalue weighted by atomic mass is 16.5.